The second-order valence-corrected chi connectivity index (χ2v) is 6.43. The van der Waals surface area contributed by atoms with Gasteiger partial charge in [0.2, 0.25) is 0 Å². The molecule has 1 saturated carbocycles. The van der Waals surface area contributed by atoms with Crippen LogP contribution in [-0.4, -0.2) is 5.78 Å². The van der Waals surface area contributed by atoms with Crippen LogP contribution < -0.4 is 0 Å². The fourth-order valence-corrected chi connectivity index (χ4v) is 3.41. The molecule has 1 aliphatic rings. The molecule has 1 nitrogen and oxygen atoms in total. The summed E-state index contributed by atoms with van der Waals surface area (Å²) in [4.78, 5) is 11.4. The summed E-state index contributed by atoms with van der Waals surface area (Å²) in [6, 6.07) is 10.8. The average molecular weight is 258 g/mol. The largest absolute Gasteiger partial charge is 0.300 e. The van der Waals surface area contributed by atoms with Gasteiger partial charge in [0.15, 0.2) is 0 Å². The second kappa shape index (κ2) is 6.36. The zero-order chi connectivity index (χ0) is 13.7. The van der Waals surface area contributed by atoms with Crippen molar-refractivity contribution in [3.8, 4) is 0 Å². The number of hydrogen-bond donors (Lipinski definition) is 0. The molecule has 1 aromatic rings. The molecule has 1 aromatic carbocycles. The monoisotopic (exact) mass is 258 g/mol. The van der Waals surface area contributed by atoms with E-state index in [2.05, 4.69) is 44.2 Å². The van der Waals surface area contributed by atoms with Crippen LogP contribution in [0.1, 0.15) is 70.3 Å². The Hall–Kier alpha value is -1.11. The van der Waals surface area contributed by atoms with Crippen LogP contribution in [0.25, 0.3) is 0 Å². The van der Waals surface area contributed by atoms with Crippen LogP contribution in [0.15, 0.2) is 30.3 Å². The third-order valence-electron chi connectivity index (χ3n) is 4.73. The van der Waals surface area contributed by atoms with Crippen LogP contribution >= 0.6 is 0 Å². The maximum Gasteiger partial charge on any atom is 0.133 e. The number of carbonyl (C=O) groups is 1. The first-order chi connectivity index (χ1) is 9.13. The molecule has 104 valence electrons. The predicted molar refractivity (Wildman–Crippen MR) is 80.3 cm³/mol. The summed E-state index contributed by atoms with van der Waals surface area (Å²) in [6.07, 6.45) is 7.65. The van der Waals surface area contributed by atoms with Gasteiger partial charge in [0.1, 0.15) is 5.78 Å². The highest BCUT2D eigenvalue weighted by Crippen LogP contribution is 2.40. The highest BCUT2D eigenvalue weighted by molar-refractivity contribution is 5.81. The zero-order valence-electron chi connectivity index (χ0n) is 12.3. The van der Waals surface area contributed by atoms with Crippen molar-refractivity contribution in [2.45, 2.75) is 64.7 Å². The number of benzene rings is 1. The van der Waals surface area contributed by atoms with Gasteiger partial charge in [-0.1, -0.05) is 50.6 Å². The topological polar surface area (TPSA) is 17.1 Å². The van der Waals surface area contributed by atoms with E-state index in [1.807, 2.05) is 0 Å². The maximum absolute atomic E-state index is 11.4. The first-order valence-corrected chi connectivity index (χ1v) is 7.69. The van der Waals surface area contributed by atoms with E-state index in [0.717, 1.165) is 19.3 Å². The maximum atomic E-state index is 11.4. The van der Waals surface area contributed by atoms with Gasteiger partial charge in [-0.15, -0.1) is 0 Å². The van der Waals surface area contributed by atoms with Crippen LogP contribution in [0.4, 0.5) is 0 Å². The third kappa shape index (κ3) is 3.92. The fraction of sp³-hybridized carbons (Fsp3) is 0.611. The smallest absolute Gasteiger partial charge is 0.133 e. The standard InChI is InChI=1S/C18H26O/c1-3-15(16-8-5-4-6-9-16)10-7-12-18(2)13-11-17(19)14-18/h4-6,8-9,15H,3,7,10-14H2,1-2H3/t15?,18-/m0/s1. The Kier molecular flexibility index (Phi) is 4.79. The van der Waals surface area contributed by atoms with Gasteiger partial charge in [0.25, 0.3) is 0 Å². The summed E-state index contributed by atoms with van der Waals surface area (Å²) in [5, 5.41) is 0. The molecule has 0 aromatic heterocycles. The molecule has 1 aliphatic carbocycles. The summed E-state index contributed by atoms with van der Waals surface area (Å²) in [6.45, 7) is 4.57. The molecule has 0 aliphatic heterocycles. The quantitative estimate of drug-likeness (QED) is 0.693. The number of carbonyl (C=O) groups excluding carboxylic acids is 1. The molecule has 19 heavy (non-hydrogen) atoms. The van der Waals surface area contributed by atoms with Gasteiger partial charge in [-0.25, -0.2) is 0 Å². The molecule has 0 spiro atoms. The molecule has 0 amide bonds. The lowest BCUT2D eigenvalue weighted by Crippen LogP contribution is -2.12. The molecular weight excluding hydrogens is 232 g/mol. The molecule has 1 heteroatoms. The van der Waals surface area contributed by atoms with Crippen LogP contribution in [0, 0.1) is 5.41 Å². The van der Waals surface area contributed by atoms with E-state index in [4.69, 9.17) is 0 Å². The molecular formula is C18H26O. The number of hydrogen-bond acceptors (Lipinski definition) is 1. The van der Waals surface area contributed by atoms with Crippen molar-refractivity contribution in [3.63, 3.8) is 0 Å². The van der Waals surface area contributed by atoms with E-state index in [1.54, 1.807) is 0 Å². The van der Waals surface area contributed by atoms with E-state index in [9.17, 15) is 4.79 Å². The average Bonchev–Trinajstić information content (AvgIpc) is 2.76. The summed E-state index contributed by atoms with van der Waals surface area (Å²) < 4.78 is 0. The molecule has 1 fully saturated rings. The van der Waals surface area contributed by atoms with Gasteiger partial charge in [-0.2, -0.15) is 0 Å². The number of Topliss-reactive ketones (excluding diaryl/α,β-unsaturated/α-hetero) is 1. The summed E-state index contributed by atoms with van der Waals surface area (Å²) in [7, 11) is 0. The van der Waals surface area contributed by atoms with Crippen LogP contribution in [0.3, 0.4) is 0 Å². The Morgan fingerprint density at radius 3 is 2.58 bits per heavy atom. The minimum Gasteiger partial charge on any atom is -0.300 e. The van der Waals surface area contributed by atoms with Gasteiger partial charge < -0.3 is 0 Å². The van der Waals surface area contributed by atoms with E-state index in [-0.39, 0.29) is 0 Å². The lowest BCUT2D eigenvalue weighted by Gasteiger charge is -2.24. The number of ketones is 1. The SMILES string of the molecule is CCC(CCC[C@@]1(C)CCC(=O)C1)c1ccccc1. The van der Waals surface area contributed by atoms with Gasteiger partial charge in [-0.05, 0) is 42.6 Å². The highest BCUT2D eigenvalue weighted by Gasteiger charge is 2.33. The Labute approximate surface area is 117 Å². The van der Waals surface area contributed by atoms with Gasteiger partial charge in [0.05, 0.1) is 0 Å². The van der Waals surface area contributed by atoms with Gasteiger partial charge >= 0.3 is 0 Å². The lowest BCUT2D eigenvalue weighted by molar-refractivity contribution is -0.118. The van der Waals surface area contributed by atoms with Crippen LogP contribution in [-0.2, 0) is 4.79 Å². The lowest BCUT2D eigenvalue weighted by atomic mass is 9.81. The van der Waals surface area contributed by atoms with Gasteiger partial charge in [-0.3, -0.25) is 4.79 Å². The first-order valence-electron chi connectivity index (χ1n) is 7.69. The van der Waals surface area contributed by atoms with Crippen molar-refractivity contribution >= 4 is 5.78 Å². The molecule has 0 N–H and O–H groups in total. The fourth-order valence-electron chi connectivity index (χ4n) is 3.41. The Balaban J connectivity index is 1.83. The van der Waals surface area contributed by atoms with Crippen molar-refractivity contribution in [1.82, 2.24) is 0 Å². The third-order valence-corrected chi connectivity index (χ3v) is 4.73. The summed E-state index contributed by atoms with van der Waals surface area (Å²) in [5.41, 5.74) is 1.77. The van der Waals surface area contributed by atoms with Crippen molar-refractivity contribution in [1.29, 1.82) is 0 Å². The molecule has 0 heterocycles. The van der Waals surface area contributed by atoms with Crippen molar-refractivity contribution in [3.05, 3.63) is 35.9 Å². The molecule has 2 atom stereocenters. The molecule has 0 saturated heterocycles. The second-order valence-electron chi connectivity index (χ2n) is 6.43. The molecule has 2 rings (SSSR count). The van der Waals surface area contributed by atoms with Gasteiger partial charge in [0, 0.05) is 12.8 Å². The van der Waals surface area contributed by atoms with E-state index >= 15 is 0 Å². The zero-order valence-corrected chi connectivity index (χ0v) is 12.3. The predicted octanol–water partition coefficient (Wildman–Crippen LogP) is 5.11. The van der Waals surface area contributed by atoms with Crippen molar-refractivity contribution in [2.24, 2.45) is 5.41 Å². The summed E-state index contributed by atoms with van der Waals surface area (Å²) >= 11 is 0. The first kappa shape index (κ1) is 14.3. The van der Waals surface area contributed by atoms with Crippen molar-refractivity contribution < 1.29 is 4.79 Å². The Morgan fingerprint density at radius 2 is 2.00 bits per heavy atom. The van der Waals surface area contributed by atoms with Crippen LogP contribution in [0.2, 0.25) is 0 Å². The van der Waals surface area contributed by atoms with Crippen molar-refractivity contribution in [2.75, 3.05) is 0 Å². The normalized spacial score (nSPS) is 24.6. The minimum absolute atomic E-state index is 0.298. The minimum atomic E-state index is 0.298. The summed E-state index contributed by atoms with van der Waals surface area (Å²) in [5.74, 6) is 1.15. The van der Waals surface area contributed by atoms with E-state index in [0.29, 0.717) is 17.1 Å². The van der Waals surface area contributed by atoms with E-state index in [1.165, 1.54) is 31.2 Å². The van der Waals surface area contributed by atoms with Crippen LogP contribution in [0.5, 0.6) is 0 Å². The molecule has 0 radical (unpaired) electrons. The Bertz CT molecular complexity index is 409. The molecule has 1 unspecified atom stereocenters. The highest BCUT2D eigenvalue weighted by atomic mass is 16.1. The molecule has 0 bridgehead atoms. The van der Waals surface area contributed by atoms with E-state index < -0.39 is 0 Å². The Morgan fingerprint density at radius 1 is 1.26 bits per heavy atom. The number of rotatable bonds is 6.